The fraction of sp³-hybridized carbons (Fsp3) is 0.556. The predicted molar refractivity (Wildman–Crippen MR) is 57.3 cm³/mol. The largest absolute Gasteiger partial charge is 1.00 e. The second kappa shape index (κ2) is 6.08. The van der Waals surface area contributed by atoms with Crippen LogP contribution in [0.1, 0.15) is 26.5 Å². The maximum absolute atomic E-state index is 12.4. The minimum absolute atomic E-state index is 0. The van der Waals surface area contributed by atoms with E-state index in [2.05, 4.69) is 5.10 Å². The molecule has 0 saturated heterocycles. The van der Waals surface area contributed by atoms with Crippen molar-refractivity contribution in [3.05, 3.63) is 11.8 Å². The van der Waals surface area contributed by atoms with E-state index in [1.807, 2.05) is 0 Å². The van der Waals surface area contributed by atoms with Crippen LogP contribution in [0.15, 0.2) is 6.07 Å². The van der Waals surface area contributed by atoms with Gasteiger partial charge in [0, 0.05) is 11.3 Å². The summed E-state index contributed by atoms with van der Waals surface area (Å²) in [5, 5.41) is 3.21. The average Bonchev–Trinajstić information content (AvgIpc) is 2.42. The minimum atomic E-state index is -5.21. The van der Waals surface area contributed by atoms with Crippen molar-refractivity contribution in [1.29, 1.82) is 0 Å². The predicted octanol–water partition coefficient (Wildman–Crippen LogP) is -0.967. The fourth-order valence-corrected chi connectivity index (χ4v) is 1.15. The first kappa shape index (κ1) is 18.2. The van der Waals surface area contributed by atoms with Gasteiger partial charge in [0.25, 0.3) is 0 Å². The number of rotatable bonds is 1. The topological polar surface area (TPSA) is 44.1 Å². The van der Waals surface area contributed by atoms with E-state index in [1.165, 1.54) is 6.92 Å². The van der Waals surface area contributed by atoms with Crippen molar-refractivity contribution in [2.75, 3.05) is 0 Å². The van der Waals surface area contributed by atoms with Gasteiger partial charge >= 0.3 is 64.5 Å². The third-order valence-corrected chi connectivity index (χ3v) is 1.81. The summed E-state index contributed by atoms with van der Waals surface area (Å²) in [5.74, 6) is 0. The summed E-state index contributed by atoms with van der Waals surface area (Å²) in [4.78, 5) is 11.5. The van der Waals surface area contributed by atoms with Gasteiger partial charge in [0.1, 0.15) is 5.60 Å². The summed E-state index contributed by atoms with van der Waals surface area (Å²) in [5.41, 5.74) is -1.74. The second-order valence-corrected chi connectivity index (χ2v) is 4.68. The van der Waals surface area contributed by atoms with E-state index in [1.54, 1.807) is 20.8 Å². The molecule has 0 aliphatic heterocycles. The summed E-state index contributed by atoms with van der Waals surface area (Å²) < 4.78 is 42.8. The van der Waals surface area contributed by atoms with Gasteiger partial charge < -0.3 is 17.7 Å². The Morgan fingerprint density at radius 3 is 2.22 bits per heavy atom. The van der Waals surface area contributed by atoms with Crippen LogP contribution in [-0.2, 0) is 4.74 Å². The first-order valence-corrected chi connectivity index (χ1v) is 5.00. The van der Waals surface area contributed by atoms with Crippen LogP contribution in [0.3, 0.4) is 0 Å². The fourth-order valence-electron chi connectivity index (χ4n) is 1.15. The molecule has 1 aromatic rings. The Morgan fingerprint density at radius 1 is 1.39 bits per heavy atom. The van der Waals surface area contributed by atoms with Crippen LogP contribution in [0.4, 0.5) is 17.7 Å². The Kier molecular flexibility index (Phi) is 6.14. The molecule has 1 rings (SSSR count). The molecule has 1 aromatic heterocycles. The molecule has 0 spiro atoms. The van der Waals surface area contributed by atoms with Crippen LogP contribution >= 0.6 is 0 Å². The van der Waals surface area contributed by atoms with E-state index in [0.717, 1.165) is 6.07 Å². The standard InChI is InChI=1S/C9H13BF3N2O2.K/c1-6-5-7(10(11,12)13)14-15(6)8(16)17-9(2,3)4;/h5H,1-4H3;/q-1;+1. The van der Waals surface area contributed by atoms with E-state index in [0.29, 0.717) is 4.68 Å². The molecular formula is C9H13BF3KN2O2. The molecule has 4 nitrogen and oxygen atoms in total. The van der Waals surface area contributed by atoms with Gasteiger partial charge in [0.15, 0.2) is 0 Å². The number of hydrogen-bond donors (Lipinski definition) is 0. The first-order chi connectivity index (χ1) is 7.50. The molecule has 1 heterocycles. The van der Waals surface area contributed by atoms with Gasteiger partial charge in [-0.05, 0) is 33.8 Å². The smallest absolute Gasteiger partial charge is 0.444 e. The van der Waals surface area contributed by atoms with Crippen LogP contribution in [0.2, 0.25) is 0 Å². The minimum Gasteiger partial charge on any atom is -0.444 e. The number of carbonyl (C=O) groups excluding carboxylic acids is 1. The number of ether oxygens (including phenoxy) is 1. The zero-order valence-electron chi connectivity index (χ0n) is 11.0. The molecule has 0 aromatic carbocycles. The SMILES string of the molecule is Cc1cc([B-](F)(F)F)nn1C(=O)OC(C)(C)C.[K+]. The monoisotopic (exact) mass is 288 g/mol. The molecule has 0 aliphatic carbocycles. The molecule has 96 valence electrons. The molecule has 0 amide bonds. The van der Waals surface area contributed by atoms with E-state index < -0.39 is 24.3 Å². The van der Waals surface area contributed by atoms with E-state index in [9.17, 15) is 17.7 Å². The maximum atomic E-state index is 12.4. The van der Waals surface area contributed by atoms with Crippen LogP contribution < -0.4 is 57.0 Å². The van der Waals surface area contributed by atoms with Crippen LogP contribution in [-0.4, -0.2) is 28.5 Å². The van der Waals surface area contributed by atoms with Gasteiger partial charge in [-0.2, -0.15) is 4.68 Å². The number of halogens is 3. The van der Waals surface area contributed by atoms with Gasteiger partial charge in [-0.1, -0.05) is 0 Å². The zero-order chi connectivity index (χ0) is 13.4. The van der Waals surface area contributed by atoms with E-state index in [-0.39, 0.29) is 57.1 Å². The molecule has 9 heteroatoms. The summed E-state index contributed by atoms with van der Waals surface area (Å²) in [6.45, 7) is 1.02. The molecule has 0 fully saturated rings. The van der Waals surface area contributed by atoms with Crippen LogP contribution in [0.5, 0.6) is 0 Å². The third kappa shape index (κ3) is 5.04. The molecule has 0 aliphatic rings. The Morgan fingerprint density at radius 2 is 1.89 bits per heavy atom. The van der Waals surface area contributed by atoms with Crippen molar-refractivity contribution in [2.45, 2.75) is 33.3 Å². The zero-order valence-corrected chi connectivity index (χ0v) is 14.1. The molecule has 0 radical (unpaired) electrons. The summed E-state index contributed by atoms with van der Waals surface area (Å²) in [7, 11) is 0. The van der Waals surface area contributed by atoms with Gasteiger partial charge in [-0.3, -0.25) is 0 Å². The summed E-state index contributed by atoms with van der Waals surface area (Å²) in [6.07, 6.45) is -0.915. The van der Waals surface area contributed by atoms with Gasteiger partial charge in [-0.15, -0.1) is 0 Å². The average molecular weight is 288 g/mol. The number of carbonyl (C=O) groups is 1. The van der Waals surface area contributed by atoms with Gasteiger partial charge in [-0.25, -0.2) is 9.89 Å². The number of aryl methyl sites for hydroxylation is 1. The molecule has 0 bridgehead atoms. The Bertz CT molecular complexity index is 440. The van der Waals surface area contributed by atoms with E-state index in [4.69, 9.17) is 4.74 Å². The molecule has 0 unspecified atom stereocenters. The van der Waals surface area contributed by atoms with E-state index >= 15 is 0 Å². The van der Waals surface area contributed by atoms with Crippen LogP contribution in [0.25, 0.3) is 0 Å². The van der Waals surface area contributed by atoms with Crippen molar-refractivity contribution in [2.24, 2.45) is 0 Å². The molecule has 0 saturated carbocycles. The number of aromatic nitrogens is 2. The third-order valence-electron chi connectivity index (χ3n) is 1.81. The normalized spacial score (nSPS) is 11.9. The first-order valence-electron chi connectivity index (χ1n) is 5.00. The Hall–Kier alpha value is 0.171. The summed E-state index contributed by atoms with van der Waals surface area (Å²) >= 11 is 0. The van der Waals surface area contributed by atoms with Crippen LogP contribution in [0, 0.1) is 6.92 Å². The maximum Gasteiger partial charge on any atom is 1.00 e. The summed E-state index contributed by atoms with van der Waals surface area (Å²) in [6, 6.07) is 0.823. The van der Waals surface area contributed by atoms with Crippen molar-refractivity contribution in [1.82, 2.24) is 9.78 Å². The van der Waals surface area contributed by atoms with Crippen molar-refractivity contribution >= 4 is 18.7 Å². The molecular weight excluding hydrogens is 275 g/mol. The molecule has 0 N–H and O–H groups in total. The second-order valence-electron chi connectivity index (χ2n) is 4.68. The quantitative estimate of drug-likeness (QED) is 0.625. The molecule has 18 heavy (non-hydrogen) atoms. The van der Waals surface area contributed by atoms with Gasteiger partial charge in [0.2, 0.25) is 0 Å². The number of hydrogen-bond acceptors (Lipinski definition) is 3. The van der Waals surface area contributed by atoms with Crippen molar-refractivity contribution in [3.8, 4) is 0 Å². The Labute approximate surface area is 146 Å². The van der Waals surface area contributed by atoms with Gasteiger partial charge in [0.05, 0.1) is 0 Å². The number of nitrogens with zero attached hydrogens (tertiary/aromatic N) is 2. The molecule has 0 atom stereocenters. The van der Waals surface area contributed by atoms with Crippen molar-refractivity contribution < 1.29 is 73.9 Å². The van der Waals surface area contributed by atoms with Crippen molar-refractivity contribution in [3.63, 3.8) is 0 Å². The Balaban J connectivity index is 0.00000289.